The fourth-order valence-electron chi connectivity index (χ4n) is 2.81. The molecule has 7 nitrogen and oxygen atoms in total. The molecule has 0 aliphatic rings. The average Bonchev–Trinajstić information content (AvgIpc) is 3.27. The van der Waals surface area contributed by atoms with Gasteiger partial charge in [-0.3, -0.25) is 4.79 Å². The van der Waals surface area contributed by atoms with Gasteiger partial charge in [-0.05, 0) is 66.6 Å². The molecule has 0 saturated carbocycles. The Morgan fingerprint density at radius 1 is 1.18 bits per heavy atom. The minimum atomic E-state index is -0.110. The summed E-state index contributed by atoms with van der Waals surface area (Å²) in [5.74, 6) is 0.103. The van der Waals surface area contributed by atoms with Gasteiger partial charge in [0.2, 0.25) is 11.1 Å². The van der Waals surface area contributed by atoms with Crippen molar-refractivity contribution in [3.63, 3.8) is 0 Å². The van der Waals surface area contributed by atoms with Crippen LogP contribution in [0.25, 0.3) is 15.9 Å². The number of carbonyl (C=O) groups is 1. The van der Waals surface area contributed by atoms with Gasteiger partial charge >= 0.3 is 0 Å². The Labute approximate surface area is 170 Å². The van der Waals surface area contributed by atoms with E-state index in [-0.39, 0.29) is 11.7 Å². The number of fused-ring (bicyclic) bond motifs is 1. The summed E-state index contributed by atoms with van der Waals surface area (Å²) in [5, 5.41) is 16.4. The van der Waals surface area contributed by atoms with Crippen molar-refractivity contribution in [3.05, 3.63) is 52.5 Å². The highest BCUT2D eigenvalue weighted by atomic mass is 32.2. The number of benzene rings is 2. The first-order valence-electron chi connectivity index (χ1n) is 8.65. The largest absolute Gasteiger partial charge is 0.325 e. The number of thiazole rings is 1. The summed E-state index contributed by atoms with van der Waals surface area (Å²) >= 11 is 2.91. The summed E-state index contributed by atoms with van der Waals surface area (Å²) in [6.45, 7) is 6.00. The van der Waals surface area contributed by atoms with Crippen molar-refractivity contribution in [1.82, 2.24) is 25.2 Å². The number of thioether (sulfide) groups is 1. The predicted molar refractivity (Wildman–Crippen MR) is 112 cm³/mol. The van der Waals surface area contributed by atoms with Crippen LogP contribution in [-0.2, 0) is 4.79 Å². The van der Waals surface area contributed by atoms with Crippen molar-refractivity contribution in [2.75, 3.05) is 11.1 Å². The summed E-state index contributed by atoms with van der Waals surface area (Å²) in [7, 11) is 0. The normalized spacial score (nSPS) is 11.1. The molecule has 4 aromatic rings. The van der Waals surface area contributed by atoms with E-state index in [0.717, 1.165) is 37.7 Å². The molecule has 0 unspecified atom stereocenters. The lowest BCUT2D eigenvalue weighted by Crippen LogP contribution is -2.14. The highest BCUT2D eigenvalue weighted by molar-refractivity contribution is 7.99. The molecule has 2 heterocycles. The van der Waals surface area contributed by atoms with Gasteiger partial charge in [0.05, 0.1) is 26.7 Å². The molecule has 0 aliphatic carbocycles. The summed E-state index contributed by atoms with van der Waals surface area (Å²) in [6, 6.07) is 11.8. The molecule has 0 aliphatic heterocycles. The monoisotopic (exact) mass is 410 g/mol. The third kappa shape index (κ3) is 3.90. The van der Waals surface area contributed by atoms with E-state index in [0.29, 0.717) is 5.16 Å². The molecule has 9 heteroatoms. The van der Waals surface area contributed by atoms with Crippen molar-refractivity contribution in [2.24, 2.45) is 0 Å². The number of nitrogens with zero attached hydrogens (tertiary/aromatic N) is 5. The topological polar surface area (TPSA) is 85.6 Å². The molecular formula is C19H18N6OS2. The van der Waals surface area contributed by atoms with Gasteiger partial charge in [-0.25, -0.2) is 4.98 Å². The van der Waals surface area contributed by atoms with Crippen molar-refractivity contribution in [3.8, 4) is 5.69 Å². The van der Waals surface area contributed by atoms with Crippen molar-refractivity contribution < 1.29 is 4.79 Å². The molecule has 4 rings (SSSR count). The SMILES string of the molecule is Cc1ccc(C)c(-n2nnnc2SCC(=O)Nc2ccc3nc(C)sc3c2)c1. The van der Waals surface area contributed by atoms with Crippen LogP contribution < -0.4 is 5.32 Å². The van der Waals surface area contributed by atoms with Gasteiger partial charge in [0.25, 0.3) is 0 Å². The molecule has 0 radical (unpaired) electrons. The lowest BCUT2D eigenvalue weighted by molar-refractivity contribution is -0.113. The quantitative estimate of drug-likeness (QED) is 0.502. The van der Waals surface area contributed by atoms with E-state index in [9.17, 15) is 4.79 Å². The zero-order valence-corrected chi connectivity index (χ0v) is 17.3. The number of rotatable bonds is 5. The highest BCUT2D eigenvalue weighted by Gasteiger charge is 2.14. The summed E-state index contributed by atoms with van der Waals surface area (Å²) < 4.78 is 2.73. The van der Waals surface area contributed by atoms with E-state index in [4.69, 9.17) is 0 Å². The van der Waals surface area contributed by atoms with Crippen LogP contribution in [0.4, 0.5) is 5.69 Å². The number of carbonyl (C=O) groups excluding carboxylic acids is 1. The Morgan fingerprint density at radius 2 is 2.04 bits per heavy atom. The summed E-state index contributed by atoms with van der Waals surface area (Å²) in [6.07, 6.45) is 0. The Balaban J connectivity index is 1.45. The van der Waals surface area contributed by atoms with Crippen LogP contribution in [0, 0.1) is 20.8 Å². The van der Waals surface area contributed by atoms with Crippen molar-refractivity contribution in [2.45, 2.75) is 25.9 Å². The van der Waals surface area contributed by atoms with Gasteiger partial charge in [-0.1, -0.05) is 23.9 Å². The van der Waals surface area contributed by atoms with Gasteiger partial charge < -0.3 is 5.32 Å². The van der Waals surface area contributed by atoms with Crippen LogP contribution in [0.2, 0.25) is 0 Å². The van der Waals surface area contributed by atoms with E-state index in [1.807, 2.05) is 57.2 Å². The van der Waals surface area contributed by atoms with Crippen LogP contribution in [-0.4, -0.2) is 36.9 Å². The van der Waals surface area contributed by atoms with E-state index in [1.54, 1.807) is 16.0 Å². The van der Waals surface area contributed by atoms with E-state index in [1.165, 1.54) is 11.8 Å². The third-order valence-corrected chi connectivity index (χ3v) is 6.00. The molecule has 0 atom stereocenters. The molecule has 28 heavy (non-hydrogen) atoms. The Hall–Kier alpha value is -2.78. The van der Waals surface area contributed by atoms with Crippen LogP contribution >= 0.6 is 23.1 Å². The zero-order chi connectivity index (χ0) is 19.7. The molecule has 0 fully saturated rings. The Bertz CT molecular complexity index is 1170. The minimum absolute atomic E-state index is 0.110. The second kappa shape index (κ2) is 7.69. The van der Waals surface area contributed by atoms with Crippen molar-refractivity contribution in [1.29, 1.82) is 0 Å². The maximum absolute atomic E-state index is 12.4. The molecule has 0 saturated heterocycles. The van der Waals surface area contributed by atoms with Crippen LogP contribution in [0.3, 0.4) is 0 Å². The van der Waals surface area contributed by atoms with Crippen LogP contribution in [0.5, 0.6) is 0 Å². The van der Waals surface area contributed by atoms with Gasteiger partial charge in [0.1, 0.15) is 0 Å². The molecular weight excluding hydrogens is 392 g/mol. The maximum Gasteiger partial charge on any atom is 0.234 e. The number of aryl methyl sites for hydroxylation is 3. The van der Waals surface area contributed by atoms with E-state index >= 15 is 0 Å². The minimum Gasteiger partial charge on any atom is -0.325 e. The molecule has 142 valence electrons. The molecule has 0 bridgehead atoms. The standard InChI is InChI=1S/C19H18N6OS2/c1-11-4-5-12(2)16(8-11)25-19(22-23-24-25)27-10-18(26)21-14-6-7-15-17(9-14)28-13(3)20-15/h4-9H,10H2,1-3H3,(H,21,26). The van der Waals surface area contributed by atoms with E-state index < -0.39 is 0 Å². The first-order valence-corrected chi connectivity index (χ1v) is 10.5. The van der Waals surface area contributed by atoms with Crippen LogP contribution in [0.15, 0.2) is 41.6 Å². The third-order valence-electron chi connectivity index (χ3n) is 4.15. The lowest BCUT2D eigenvalue weighted by atomic mass is 10.1. The predicted octanol–water partition coefficient (Wildman–Crippen LogP) is 3.93. The summed E-state index contributed by atoms with van der Waals surface area (Å²) in [5.41, 5.74) is 4.81. The second-order valence-electron chi connectivity index (χ2n) is 6.42. The first kappa shape index (κ1) is 18.6. The number of hydrogen-bond donors (Lipinski definition) is 1. The molecule has 2 aromatic carbocycles. The first-order chi connectivity index (χ1) is 13.5. The molecule has 2 aromatic heterocycles. The fourth-order valence-corrected chi connectivity index (χ4v) is 4.36. The van der Waals surface area contributed by atoms with Gasteiger partial charge in [-0.2, -0.15) is 4.68 Å². The van der Waals surface area contributed by atoms with Crippen molar-refractivity contribution >= 4 is 44.9 Å². The number of tetrazole rings is 1. The number of nitrogens with one attached hydrogen (secondary N) is 1. The van der Waals surface area contributed by atoms with E-state index in [2.05, 4.69) is 25.8 Å². The molecule has 0 spiro atoms. The zero-order valence-electron chi connectivity index (χ0n) is 15.6. The number of aromatic nitrogens is 5. The fraction of sp³-hybridized carbons (Fsp3) is 0.211. The molecule has 1 N–H and O–H groups in total. The Kier molecular flexibility index (Phi) is 5.10. The maximum atomic E-state index is 12.4. The molecule has 1 amide bonds. The number of anilines is 1. The lowest BCUT2D eigenvalue weighted by Gasteiger charge is -2.09. The summed E-state index contributed by atoms with van der Waals surface area (Å²) in [4.78, 5) is 16.8. The smallest absolute Gasteiger partial charge is 0.234 e. The van der Waals surface area contributed by atoms with Gasteiger partial charge in [-0.15, -0.1) is 16.4 Å². The Morgan fingerprint density at radius 3 is 2.89 bits per heavy atom. The van der Waals surface area contributed by atoms with Gasteiger partial charge in [0, 0.05) is 5.69 Å². The van der Waals surface area contributed by atoms with Crippen LogP contribution in [0.1, 0.15) is 16.1 Å². The van der Waals surface area contributed by atoms with Gasteiger partial charge in [0.15, 0.2) is 0 Å². The number of hydrogen-bond acceptors (Lipinski definition) is 7. The average molecular weight is 411 g/mol. The second-order valence-corrected chi connectivity index (χ2v) is 8.59. The number of amides is 1. The highest BCUT2D eigenvalue weighted by Crippen LogP contribution is 2.25.